The molecule has 0 aliphatic rings. The van der Waals surface area contributed by atoms with Crippen LogP contribution in [0.15, 0.2) is 24.3 Å². The van der Waals surface area contributed by atoms with E-state index in [1.165, 1.54) is 12.1 Å². The number of halogens is 4. The van der Waals surface area contributed by atoms with E-state index in [-0.39, 0.29) is 10.7 Å². The van der Waals surface area contributed by atoms with E-state index in [9.17, 15) is 22.4 Å². The van der Waals surface area contributed by atoms with Crippen LogP contribution < -0.4 is 20.9 Å². The van der Waals surface area contributed by atoms with Crippen molar-refractivity contribution >= 4 is 23.2 Å². The predicted molar refractivity (Wildman–Crippen MR) is 85.7 cm³/mol. The summed E-state index contributed by atoms with van der Waals surface area (Å²) in [4.78, 5) is 11.9. The molecule has 0 saturated carbocycles. The van der Waals surface area contributed by atoms with E-state index >= 15 is 0 Å². The summed E-state index contributed by atoms with van der Waals surface area (Å²) < 4.78 is 58.8. The molecule has 0 heterocycles. The van der Waals surface area contributed by atoms with E-state index in [0.29, 0.717) is 19.6 Å². The number of benzene rings is 1. The maximum absolute atomic E-state index is 12.9. The Morgan fingerprint density at radius 3 is 2.68 bits per heavy atom. The van der Waals surface area contributed by atoms with E-state index in [4.69, 9.17) is 17.0 Å². The lowest BCUT2D eigenvalue weighted by atomic mass is 10.2. The highest BCUT2D eigenvalue weighted by Gasteiger charge is 2.44. The number of rotatable bonds is 8. The fourth-order valence-corrected chi connectivity index (χ4v) is 1.70. The fourth-order valence-electron chi connectivity index (χ4n) is 1.55. The van der Waals surface area contributed by atoms with Crippen LogP contribution in [0.3, 0.4) is 0 Å². The molecule has 1 rings (SSSR count). The predicted octanol–water partition coefficient (Wildman–Crippen LogP) is 2.07. The number of hydrogen-bond donors (Lipinski definition) is 3. The number of hydrazine groups is 1. The van der Waals surface area contributed by atoms with Crippen LogP contribution >= 0.6 is 12.2 Å². The summed E-state index contributed by atoms with van der Waals surface area (Å²) in [6.45, 7) is 1.06. The molecule has 1 aromatic rings. The molecule has 25 heavy (non-hydrogen) atoms. The van der Waals surface area contributed by atoms with Gasteiger partial charge in [-0.3, -0.25) is 15.6 Å². The molecule has 0 spiro atoms. The number of alkyl halides is 4. The summed E-state index contributed by atoms with van der Waals surface area (Å²) >= 11 is 4.91. The zero-order valence-corrected chi connectivity index (χ0v) is 14.0. The van der Waals surface area contributed by atoms with Crippen molar-refractivity contribution in [2.24, 2.45) is 0 Å². The summed E-state index contributed by atoms with van der Waals surface area (Å²) in [5.41, 5.74) is 4.57. The average Bonchev–Trinajstić information content (AvgIpc) is 2.56. The van der Waals surface area contributed by atoms with Crippen molar-refractivity contribution < 1.29 is 31.8 Å². The van der Waals surface area contributed by atoms with Crippen molar-refractivity contribution in [2.45, 2.75) is 19.0 Å². The highest BCUT2D eigenvalue weighted by molar-refractivity contribution is 7.80. The van der Waals surface area contributed by atoms with Crippen molar-refractivity contribution in [1.29, 1.82) is 0 Å². The van der Waals surface area contributed by atoms with Gasteiger partial charge in [0.05, 0.1) is 0 Å². The summed E-state index contributed by atoms with van der Waals surface area (Å²) in [6, 6.07) is 4.44. The third kappa shape index (κ3) is 7.52. The number of carbonyl (C=O) groups is 1. The number of amides is 1. The van der Waals surface area contributed by atoms with Gasteiger partial charge in [0, 0.05) is 25.8 Å². The average molecular weight is 383 g/mol. The van der Waals surface area contributed by atoms with Gasteiger partial charge in [0.2, 0.25) is 0 Å². The Hall–Kier alpha value is -2.14. The van der Waals surface area contributed by atoms with Gasteiger partial charge in [-0.1, -0.05) is 6.07 Å². The van der Waals surface area contributed by atoms with Crippen LogP contribution in [0.1, 0.15) is 16.8 Å². The Balaban J connectivity index is 2.53. The van der Waals surface area contributed by atoms with Gasteiger partial charge in [-0.2, -0.15) is 17.6 Å². The van der Waals surface area contributed by atoms with Crippen LogP contribution in [0.5, 0.6) is 5.75 Å². The fraction of sp³-hybridized carbons (Fsp3) is 0.429. The quantitative estimate of drug-likeness (QED) is 0.276. The first kappa shape index (κ1) is 20.9. The van der Waals surface area contributed by atoms with Gasteiger partial charge in [-0.25, -0.2) is 0 Å². The topological polar surface area (TPSA) is 71.6 Å². The largest absolute Gasteiger partial charge is 0.461 e. The van der Waals surface area contributed by atoms with Crippen molar-refractivity contribution in [3.63, 3.8) is 0 Å². The molecule has 0 radical (unpaired) electrons. The van der Waals surface area contributed by atoms with E-state index < -0.39 is 24.2 Å². The van der Waals surface area contributed by atoms with E-state index in [2.05, 4.69) is 20.9 Å². The monoisotopic (exact) mass is 383 g/mol. The van der Waals surface area contributed by atoms with Gasteiger partial charge in [0.15, 0.2) is 5.11 Å². The molecule has 6 nitrogen and oxygen atoms in total. The van der Waals surface area contributed by atoms with Gasteiger partial charge >= 0.3 is 12.5 Å². The van der Waals surface area contributed by atoms with E-state index in [1.807, 2.05) is 0 Å². The molecule has 1 aromatic carbocycles. The molecule has 0 bridgehead atoms. The summed E-state index contributed by atoms with van der Waals surface area (Å²) in [6.07, 6.45) is -7.95. The molecule has 3 N–H and O–H groups in total. The van der Waals surface area contributed by atoms with Crippen molar-refractivity contribution in [1.82, 2.24) is 16.2 Å². The second-order valence-electron chi connectivity index (χ2n) is 4.67. The Bertz CT molecular complexity index is 590. The normalized spacial score (nSPS) is 11.1. The number of methoxy groups -OCH3 is 1. The molecule has 0 atom stereocenters. The molecule has 0 saturated heterocycles. The third-order valence-electron chi connectivity index (χ3n) is 2.70. The molecule has 1 amide bonds. The smallest absolute Gasteiger partial charge is 0.428 e. The van der Waals surface area contributed by atoms with Crippen LogP contribution in [0, 0.1) is 0 Å². The van der Waals surface area contributed by atoms with Gasteiger partial charge in [0.1, 0.15) is 5.75 Å². The maximum Gasteiger partial charge on any atom is 0.461 e. The minimum atomic E-state index is -4.65. The Kier molecular flexibility index (Phi) is 8.35. The summed E-state index contributed by atoms with van der Waals surface area (Å²) in [5.74, 6) is -1.29. The number of carbonyl (C=O) groups excluding carboxylic acids is 1. The van der Waals surface area contributed by atoms with Gasteiger partial charge in [0.25, 0.3) is 5.91 Å². The van der Waals surface area contributed by atoms with Crippen molar-refractivity contribution in [3.05, 3.63) is 29.8 Å². The number of thiocarbonyl (C=S) groups is 1. The molecule has 140 valence electrons. The highest BCUT2D eigenvalue weighted by Crippen LogP contribution is 2.27. The van der Waals surface area contributed by atoms with Gasteiger partial charge in [-0.15, -0.1) is 0 Å². The minimum Gasteiger partial charge on any atom is -0.428 e. The van der Waals surface area contributed by atoms with E-state index in [1.54, 1.807) is 7.11 Å². The standard InChI is InChI=1S/C14H17F4N3O3S/c1-23-7-3-6-19-13(25)21-20-11(22)9-4-2-5-10(8-9)24-14(17,18)12(15)16/h2,4-5,8,12H,3,6-7H2,1H3,(H,20,22)(H2,19,21,25). The number of hydrogen-bond acceptors (Lipinski definition) is 4. The van der Waals surface area contributed by atoms with Crippen molar-refractivity contribution in [2.75, 3.05) is 20.3 Å². The highest BCUT2D eigenvalue weighted by atomic mass is 32.1. The van der Waals surface area contributed by atoms with E-state index in [0.717, 1.165) is 12.1 Å². The Morgan fingerprint density at radius 2 is 2.04 bits per heavy atom. The maximum atomic E-state index is 12.9. The zero-order valence-electron chi connectivity index (χ0n) is 13.2. The zero-order chi connectivity index (χ0) is 18.9. The molecule has 0 aromatic heterocycles. The molecule has 0 aliphatic carbocycles. The molecular formula is C14H17F4N3O3S. The second kappa shape index (κ2) is 9.99. The molecule has 11 heteroatoms. The van der Waals surface area contributed by atoms with Gasteiger partial charge < -0.3 is 14.8 Å². The summed E-state index contributed by atoms with van der Waals surface area (Å²) in [7, 11) is 1.56. The van der Waals surface area contributed by atoms with Gasteiger partial charge in [-0.05, 0) is 36.8 Å². The number of ether oxygens (including phenoxy) is 2. The Labute approximate surface area is 146 Å². The molecular weight excluding hydrogens is 366 g/mol. The van der Waals surface area contributed by atoms with Crippen LogP contribution in [0.4, 0.5) is 17.6 Å². The molecule has 0 fully saturated rings. The van der Waals surface area contributed by atoms with Crippen molar-refractivity contribution in [3.8, 4) is 5.75 Å². The first-order valence-electron chi connectivity index (χ1n) is 7.04. The second-order valence-corrected chi connectivity index (χ2v) is 5.08. The summed E-state index contributed by atoms with van der Waals surface area (Å²) in [5, 5.41) is 2.94. The lowest BCUT2D eigenvalue weighted by molar-refractivity contribution is -0.253. The first-order valence-corrected chi connectivity index (χ1v) is 7.45. The minimum absolute atomic E-state index is 0.0859. The van der Waals surface area contributed by atoms with Crippen LogP contribution in [0.2, 0.25) is 0 Å². The molecule has 0 unspecified atom stereocenters. The molecule has 0 aliphatic heterocycles. The number of nitrogens with one attached hydrogen (secondary N) is 3. The lowest BCUT2D eigenvalue weighted by Crippen LogP contribution is -2.47. The van der Waals surface area contributed by atoms with Crippen LogP contribution in [-0.2, 0) is 4.74 Å². The first-order chi connectivity index (χ1) is 11.8. The van der Waals surface area contributed by atoms with Crippen LogP contribution in [0.25, 0.3) is 0 Å². The third-order valence-corrected chi connectivity index (χ3v) is 2.95. The van der Waals surface area contributed by atoms with Crippen LogP contribution in [-0.4, -0.2) is 43.8 Å². The Morgan fingerprint density at radius 1 is 1.32 bits per heavy atom. The lowest BCUT2D eigenvalue weighted by Gasteiger charge is -2.17. The SMILES string of the molecule is COCCCNC(=S)NNC(=O)c1cccc(OC(F)(F)C(F)F)c1.